The summed E-state index contributed by atoms with van der Waals surface area (Å²) in [5, 5.41) is 24.6. The van der Waals surface area contributed by atoms with Gasteiger partial charge in [0, 0.05) is 40.7 Å². The van der Waals surface area contributed by atoms with E-state index in [-0.39, 0.29) is 17.3 Å². The Morgan fingerprint density at radius 3 is 2.81 bits per heavy atom. The van der Waals surface area contributed by atoms with Crippen LogP contribution in [0.15, 0.2) is 34.8 Å². The van der Waals surface area contributed by atoms with E-state index in [0.717, 1.165) is 11.4 Å². The van der Waals surface area contributed by atoms with Gasteiger partial charge >= 0.3 is 0 Å². The average Bonchev–Trinajstić information content (AvgIpc) is 3.16. The highest BCUT2D eigenvalue weighted by Crippen LogP contribution is 2.30. The number of aromatic nitrogens is 3. The molecule has 0 fully saturated rings. The summed E-state index contributed by atoms with van der Waals surface area (Å²) in [7, 11) is 1.86. The smallest absolute Gasteiger partial charge is 0.271 e. The van der Waals surface area contributed by atoms with Gasteiger partial charge in [-0.15, -0.1) is 21.5 Å². The number of thiophene rings is 1. The molecule has 0 radical (unpaired) electrons. The number of nitro groups is 1. The van der Waals surface area contributed by atoms with Crippen LogP contribution in [-0.4, -0.2) is 31.3 Å². The number of benzene rings is 1. The maximum absolute atomic E-state index is 12.2. The Kier molecular flexibility index (Phi) is 5.57. The molecule has 2 aromatic heterocycles. The molecule has 8 nitrogen and oxygen atoms in total. The predicted molar refractivity (Wildman–Crippen MR) is 106 cm³/mol. The molecule has 1 aromatic carbocycles. The average molecular weight is 403 g/mol. The molecular formula is C17H17N5O3S2. The topological polar surface area (TPSA) is 103 Å². The number of hydrogen-bond donors (Lipinski definition) is 1. The summed E-state index contributed by atoms with van der Waals surface area (Å²) in [4.78, 5) is 23.7. The third kappa shape index (κ3) is 4.17. The van der Waals surface area contributed by atoms with E-state index in [1.165, 1.54) is 40.4 Å². The van der Waals surface area contributed by atoms with Gasteiger partial charge in [0.05, 0.1) is 10.7 Å². The van der Waals surface area contributed by atoms with Crippen molar-refractivity contribution < 1.29 is 9.72 Å². The second-order valence-electron chi connectivity index (χ2n) is 5.84. The number of carbonyl (C=O) groups excluding carboxylic acids is 1. The second kappa shape index (κ2) is 7.89. The Morgan fingerprint density at radius 1 is 1.37 bits per heavy atom. The number of amides is 1. The quantitative estimate of drug-likeness (QED) is 0.381. The number of anilines is 1. The molecule has 0 aliphatic heterocycles. The van der Waals surface area contributed by atoms with E-state index in [1.807, 2.05) is 11.6 Å². The second-order valence-corrected chi connectivity index (χ2v) is 7.87. The van der Waals surface area contributed by atoms with Crippen molar-refractivity contribution in [2.75, 3.05) is 11.1 Å². The van der Waals surface area contributed by atoms with Gasteiger partial charge in [-0.2, -0.15) is 0 Å². The zero-order chi connectivity index (χ0) is 19.6. The molecule has 10 heteroatoms. The standard InChI is InChI=1S/C17H17N5O3S2/c1-10-11(2)26-8-14(10)16-19-20-17(21(16)3)27-9-15(23)18-12-5-4-6-13(7-12)22(24)25/h4-8H,9H2,1-3H3,(H,18,23). The number of nitro benzene ring substituents is 1. The largest absolute Gasteiger partial charge is 0.325 e. The molecule has 3 aromatic rings. The van der Waals surface area contributed by atoms with Crippen LogP contribution in [0.25, 0.3) is 11.4 Å². The van der Waals surface area contributed by atoms with Crippen molar-refractivity contribution in [3.05, 3.63) is 50.2 Å². The van der Waals surface area contributed by atoms with Gasteiger partial charge < -0.3 is 9.88 Å². The lowest BCUT2D eigenvalue weighted by atomic mass is 10.2. The fourth-order valence-corrected chi connectivity index (χ4v) is 4.01. The number of non-ortho nitro benzene ring substituents is 1. The zero-order valence-electron chi connectivity index (χ0n) is 14.9. The van der Waals surface area contributed by atoms with Crippen LogP contribution in [0.2, 0.25) is 0 Å². The summed E-state index contributed by atoms with van der Waals surface area (Å²) in [6, 6.07) is 5.84. The van der Waals surface area contributed by atoms with Crippen LogP contribution in [0.3, 0.4) is 0 Å². The third-order valence-corrected chi connectivity index (χ3v) is 6.07. The number of nitrogens with one attached hydrogen (secondary N) is 1. The van der Waals surface area contributed by atoms with Crippen LogP contribution in [0, 0.1) is 24.0 Å². The molecule has 3 rings (SSSR count). The minimum Gasteiger partial charge on any atom is -0.325 e. The van der Waals surface area contributed by atoms with Gasteiger partial charge in [-0.25, -0.2) is 0 Å². The lowest BCUT2D eigenvalue weighted by molar-refractivity contribution is -0.384. The first kappa shape index (κ1) is 19.1. The van der Waals surface area contributed by atoms with E-state index >= 15 is 0 Å². The van der Waals surface area contributed by atoms with Crippen LogP contribution >= 0.6 is 23.1 Å². The van der Waals surface area contributed by atoms with Gasteiger partial charge in [0.25, 0.3) is 5.69 Å². The first-order chi connectivity index (χ1) is 12.9. The van der Waals surface area contributed by atoms with Gasteiger partial charge in [0.1, 0.15) is 0 Å². The Bertz CT molecular complexity index is 1010. The summed E-state index contributed by atoms with van der Waals surface area (Å²) >= 11 is 2.93. The highest BCUT2D eigenvalue weighted by molar-refractivity contribution is 7.99. The third-order valence-electron chi connectivity index (χ3n) is 4.03. The zero-order valence-corrected chi connectivity index (χ0v) is 16.6. The predicted octanol–water partition coefficient (Wildman–Crippen LogP) is 3.80. The summed E-state index contributed by atoms with van der Waals surface area (Å²) < 4.78 is 1.86. The minimum absolute atomic E-state index is 0.0696. The van der Waals surface area contributed by atoms with E-state index < -0.39 is 4.92 Å². The molecule has 0 spiro atoms. The van der Waals surface area contributed by atoms with E-state index in [1.54, 1.807) is 17.4 Å². The molecule has 0 unspecified atom stereocenters. The van der Waals surface area contributed by atoms with E-state index in [0.29, 0.717) is 10.8 Å². The van der Waals surface area contributed by atoms with E-state index in [4.69, 9.17) is 0 Å². The van der Waals surface area contributed by atoms with Crippen molar-refractivity contribution in [3.63, 3.8) is 0 Å². The number of hydrogen-bond acceptors (Lipinski definition) is 7. The van der Waals surface area contributed by atoms with Crippen LogP contribution in [0.1, 0.15) is 10.4 Å². The summed E-state index contributed by atoms with van der Waals surface area (Å²) in [6.45, 7) is 4.11. The van der Waals surface area contributed by atoms with Crippen LogP contribution in [0.4, 0.5) is 11.4 Å². The van der Waals surface area contributed by atoms with Crippen molar-refractivity contribution in [1.82, 2.24) is 14.8 Å². The molecule has 0 aliphatic rings. The van der Waals surface area contributed by atoms with E-state index in [2.05, 4.69) is 34.7 Å². The monoisotopic (exact) mass is 403 g/mol. The Morgan fingerprint density at radius 2 is 2.15 bits per heavy atom. The lowest BCUT2D eigenvalue weighted by Gasteiger charge is -2.06. The van der Waals surface area contributed by atoms with E-state index in [9.17, 15) is 14.9 Å². The lowest BCUT2D eigenvalue weighted by Crippen LogP contribution is -2.14. The van der Waals surface area contributed by atoms with Crippen molar-refractivity contribution in [2.45, 2.75) is 19.0 Å². The molecule has 0 bridgehead atoms. The van der Waals surface area contributed by atoms with Gasteiger partial charge in [0.15, 0.2) is 11.0 Å². The molecule has 140 valence electrons. The molecule has 0 atom stereocenters. The van der Waals surface area contributed by atoms with Crippen molar-refractivity contribution in [3.8, 4) is 11.4 Å². The molecule has 1 N–H and O–H groups in total. The normalized spacial score (nSPS) is 10.8. The number of nitrogens with zero attached hydrogens (tertiary/aromatic N) is 4. The molecule has 0 saturated heterocycles. The molecular weight excluding hydrogens is 386 g/mol. The summed E-state index contributed by atoms with van der Waals surface area (Å²) in [6.07, 6.45) is 0. The SMILES string of the molecule is Cc1scc(-c2nnc(SCC(=O)Nc3cccc([N+](=O)[O-])c3)n2C)c1C. The maximum Gasteiger partial charge on any atom is 0.271 e. The summed E-state index contributed by atoms with van der Waals surface area (Å²) in [5.74, 6) is 0.613. The van der Waals surface area contributed by atoms with Crippen LogP contribution < -0.4 is 5.32 Å². The number of thioether (sulfide) groups is 1. The van der Waals surface area contributed by atoms with Gasteiger partial charge in [0.2, 0.25) is 5.91 Å². The highest BCUT2D eigenvalue weighted by Gasteiger charge is 2.16. The van der Waals surface area contributed by atoms with Crippen molar-refractivity contribution in [1.29, 1.82) is 0 Å². The minimum atomic E-state index is -0.500. The summed E-state index contributed by atoms with van der Waals surface area (Å²) in [5.41, 5.74) is 2.54. The molecule has 1 amide bonds. The fraction of sp³-hybridized carbons (Fsp3) is 0.235. The maximum atomic E-state index is 12.2. The van der Waals surface area contributed by atoms with Crippen molar-refractivity contribution in [2.24, 2.45) is 7.05 Å². The van der Waals surface area contributed by atoms with Crippen LogP contribution in [-0.2, 0) is 11.8 Å². The Hall–Kier alpha value is -2.72. The molecule has 27 heavy (non-hydrogen) atoms. The first-order valence-corrected chi connectivity index (χ1v) is 9.85. The van der Waals surface area contributed by atoms with Crippen molar-refractivity contribution >= 4 is 40.4 Å². The number of rotatable bonds is 6. The van der Waals surface area contributed by atoms with Gasteiger partial charge in [-0.1, -0.05) is 17.8 Å². The van der Waals surface area contributed by atoms with Crippen LogP contribution in [0.5, 0.6) is 0 Å². The molecule has 0 aliphatic carbocycles. The molecule has 0 saturated carbocycles. The Labute approximate surface area is 163 Å². The Balaban J connectivity index is 1.65. The number of aryl methyl sites for hydroxylation is 1. The number of carbonyl (C=O) groups is 1. The highest BCUT2D eigenvalue weighted by atomic mass is 32.2. The van der Waals surface area contributed by atoms with Gasteiger partial charge in [-0.3, -0.25) is 14.9 Å². The fourth-order valence-electron chi connectivity index (χ4n) is 2.43. The molecule has 2 heterocycles. The van der Waals surface area contributed by atoms with Gasteiger partial charge in [-0.05, 0) is 25.5 Å². The first-order valence-electron chi connectivity index (χ1n) is 7.98.